The van der Waals surface area contributed by atoms with Gasteiger partial charge < -0.3 is 9.47 Å². The van der Waals surface area contributed by atoms with Crippen molar-refractivity contribution in [2.45, 2.75) is 13.3 Å². The average molecular weight is 287 g/mol. The van der Waals surface area contributed by atoms with Gasteiger partial charge in [-0.05, 0) is 25.1 Å². The van der Waals surface area contributed by atoms with Gasteiger partial charge in [0.05, 0.1) is 23.7 Å². The maximum Gasteiger partial charge on any atom is 0.276 e. The van der Waals surface area contributed by atoms with E-state index in [2.05, 4.69) is 0 Å². The number of nitro benzene ring substituents is 1. The van der Waals surface area contributed by atoms with Gasteiger partial charge in [0.1, 0.15) is 11.5 Å². The predicted octanol–water partition coefficient (Wildman–Crippen LogP) is 3.75. The molecule has 0 fully saturated rings. The average Bonchev–Trinajstić information content (AvgIpc) is 2.49. The molecule has 5 nitrogen and oxygen atoms in total. The molecule has 0 heterocycles. The summed E-state index contributed by atoms with van der Waals surface area (Å²) in [5.41, 5.74) is 0.625. The lowest BCUT2D eigenvalue weighted by Crippen LogP contribution is -2.06. The van der Waals surface area contributed by atoms with Crippen LogP contribution in [0, 0.1) is 17.0 Å². The largest absolute Gasteiger partial charge is 0.493 e. The van der Waals surface area contributed by atoms with Crippen molar-refractivity contribution in [1.82, 2.24) is 0 Å². The molecule has 0 aliphatic rings. The van der Waals surface area contributed by atoms with Crippen LogP contribution in [0.2, 0.25) is 0 Å². The molecule has 0 atom stereocenters. The van der Waals surface area contributed by atoms with Crippen LogP contribution in [-0.2, 0) is 0 Å². The Morgan fingerprint density at radius 3 is 2.43 bits per heavy atom. The van der Waals surface area contributed by atoms with Crippen LogP contribution in [-0.4, -0.2) is 18.1 Å². The molecule has 0 aliphatic carbocycles. The highest BCUT2D eigenvalue weighted by Crippen LogP contribution is 2.26. The number of nitrogens with zero attached hydrogens (tertiary/aromatic N) is 1. The highest BCUT2D eigenvalue weighted by Gasteiger charge is 2.13. The number of para-hydroxylation sites is 1. The zero-order valence-corrected chi connectivity index (χ0v) is 11.8. The van der Waals surface area contributed by atoms with Gasteiger partial charge in [-0.25, -0.2) is 0 Å². The number of nitro groups is 1. The maximum absolute atomic E-state index is 10.8. The van der Waals surface area contributed by atoms with Crippen molar-refractivity contribution < 1.29 is 14.4 Å². The SMILES string of the molecule is Cc1c(OCCCOc2ccccc2)cccc1[N+](=O)[O-]. The van der Waals surface area contributed by atoms with Gasteiger partial charge in [-0.1, -0.05) is 24.3 Å². The van der Waals surface area contributed by atoms with E-state index in [0.29, 0.717) is 30.9 Å². The van der Waals surface area contributed by atoms with Crippen LogP contribution in [0.4, 0.5) is 5.69 Å². The Hall–Kier alpha value is -2.56. The minimum absolute atomic E-state index is 0.0769. The van der Waals surface area contributed by atoms with E-state index in [1.807, 2.05) is 30.3 Å². The smallest absolute Gasteiger partial charge is 0.276 e. The van der Waals surface area contributed by atoms with E-state index < -0.39 is 4.92 Å². The standard InChI is InChI=1S/C16H17NO4/c1-13-15(17(18)19)9-5-10-16(13)21-12-6-11-20-14-7-3-2-4-8-14/h2-5,7-10H,6,11-12H2,1H3. The van der Waals surface area contributed by atoms with Gasteiger partial charge in [0.25, 0.3) is 5.69 Å². The van der Waals surface area contributed by atoms with Crippen molar-refractivity contribution in [3.05, 3.63) is 64.2 Å². The van der Waals surface area contributed by atoms with Crippen molar-refractivity contribution in [3.8, 4) is 11.5 Å². The topological polar surface area (TPSA) is 61.6 Å². The summed E-state index contributed by atoms with van der Waals surface area (Å²) in [5.74, 6) is 1.37. The molecule has 5 heteroatoms. The van der Waals surface area contributed by atoms with Crippen molar-refractivity contribution in [1.29, 1.82) is 0 Å². The third-order valence-corrected chi connectivity index (χ3v) is 3.01. The van der Waals surface area contributed by atoms with Crippen LogP contribution in [0.15, 0.2) is 48.5 Å². The highest BCUT2D eigenvalue weighted by atomic mass is 16.6. The van der Waals surface area contributed by atoms with E-state index in [4.69, 9.17) is 9.47 Å². The van der Waals surface area contributed by atoms with Gasteiger partial charge in [-0.15, -0.1) is 0 Å². The Balaban J connectivity index is 1.79. The van der Waals surface area contributed by atoms with Gasteiger partial charge in [0.15, 0.2) is 0 Å². The monoisotopic (exact) mass is 287 g/mol. The lowest BCUT2D eigenvalue weighted by molar-refractivity contribution is -0.385. The molecule has 0 saturated carbocycles. The fraction of sp³-hybridized carbons (Fsp3) is 0.250. The van der Waals surface area contributed by atoms with Crippen LogP contribution in [0.1, 0.15) is 12.0 Å². The van der Waals surface area contributed by atoms with Crippen LogP contribution >= 0.6 is 0 Å². The zero-order chi connectivity index (χ0) is 15.1. The summed E-state index contributed by atoms with van der Waals surface area (Å²) in [7, 11) is 0. The van der Waals surface area contributed by atoms with Crippen molar-refractivity contribution in [2.24, 2.45) is 0 Å². The molecule has 2 rings (SSSR count). The number of rotatable bonds is 7. The molecule has 0 radical (unpaired) electrons. The van der Waals surface area contributed by atoms with E-state index in [0.717, 1.165) is 5.75 Å². The lowest BCUT2D eigenvalue weighted by Gasteiger charge is -2.10. The molecule has 21 heavy (non-hydrogen) atoms. The second-order valence-corrected chi connectivity index (χ2v) is 4.52. The fourth-order valence-corrected chi connectivity index (χ4v) is 1.90. The van der Waals surface area contributed by atoms with Crippen molar-refractivity contribution in [3.63, 3.8) is 0 Å². The second kappa shape index (κ2) is 7.28. The summed E-state index contributed by atoms with van der Waals surface area (Å²) in [4.78, 5) is 10.4. The highest BCUT2D eigenvalue weighted by molar-refractivity contribution is 5.48. The first-order chi connectivity index (χ1) is 10.2. The molecule has 110 valence electrons. The van der Waals surface area contributed by atoms with E-state index >= 15 is 0 Å². The number of hydrogen-bond donors (Lipinski definition) is 0. The van der Waals surface area contributed by atoms with E-state index in [-0.39, 0.29) is 5.69 Å². The Morgan fingerprint density at radius 1 is 1.00 bits per heavy atom. The summed E-state index contributed by atoms with van der Waals surface area (Å²) in [6.45, 7) is 2.68. The number of hydrogen-bond acceptors (Lipinski definition) is 4. The molecule has 0 amide bonds. The first-order valence-electron chi connectivity index (χ1n) is 6.73. The first-order valence-corrected chi connectivity index (χ1v) is 6.73. The summed E-state index contributed by atoms with van der Waals surface area (Å²) in [5, 5.41) is 10.8. The van der Waals surface area contributed by atoms with E-state index in [1.165, 1.54) is 6.07 Å². The molecule has 0 aliphatic heterocycles. The fourth-order valence-electron chi connectivity index (χ4n) is 1.90. The zero-order valence-electron chi connectivity index (χ0n) is 11.8. The van der Waals surface area contributed by atoms with Gasteiger partial charge in [-0.2, -0.15) is 0 Å². The van der Waals surface area contributed by atoms with E-state index in [9.17, 15) is 10.1 Å². The molecule has 0 N–H and O–H groups in total. The Bertz CT molecular complexity index is 598. The van der Waals surface area contributed by atoms with Crippen LogP contribution in [0.3, 0.4) is 0 Å². The number of benzene rings is 2. The normalized spacial score (nSPS) is 10.1. The molecule has 0 aromatic heterocycles. The maximum atomic E-state index is 10.8. The summed E-state index contributed by atoms with van der Waals surface area (Å²) in [6, 6.07) is 14.4. The van der Waals surface area contributed by atoms with Gasteiger partial charge in [0, 0.05) is 12.5 Å². The Morgan fingerprint density at radius 2 is 1.71 bits per heavy atom. The van der Waals surface area contributed by atoms with Gasteiger partial charge in [0.2, 0.25) is 0 Å². The van der Waals surface area contributed by atoms with E-state index in [1.54, 1.807) is 19.1 Å². The molecule has 0 saturated heterocycles. The van der Waals surface area contributed by atoms with Crippen LogP contribution in [0.5, 0.6) is 11.5 Å². The minimum atomic E-state index is -0.402. The molecule has 0 unspecified atom stereocenters. The second-order valence-electron chi connectivity index (χ2n) is 4.52. The lowest BCUT2D eigenvalue weighted by atomic mass is 10.2. The van der Waals surface area contributed by atoms with Crippen LogP contribution in [0.25, 0.3) is 0 Å². The molecular formula is C16H17NO4. The van der Waals surface area contributed by atoms with Gasteiger partial charge in [-0.3, -0.25) is 10.1 Å². The molecule has 2 aromatic rings. The quantitative estimate of drug-likeness (QED) is 0.442. The van der Waals surface area contributed by atoms with Crippen molar-refractivity contribution in [2.75, 3.05) is 13.2 Å². The van der Waals surface area contributed by atoms with Gasteiger partial charge >= 0.3 is 0 Å². The predicted molar refractivity (Wildman–Crippen MR) is 79.9 cm³/mol. The Kier molecular flexibility index (Phi) is 5.15. The molecule has 2 aromatic carbocycles. The summed E-state index contributed by atoms with van der Waals surface area (Å²) >= 11 is 0. The Labute approximate surface area is 123 Å². The molecule has 0 bridgehead atoms. The third-order valence-electron chi connectivity index (χ3n) is 3.01. The minimum Gasteiger partial charge on any atom is -0.493 e. The summed E-state index contributed by atoms with van der Waals surface area (Å²) < 4.78 is 11.1. The number of ether oxygens (including phenoxy) is 2. The van der Waals surface area contributed by atoms with Crippen molar-refractivity contribution >= 4 is 5.69 Å². The summed E-state index contributed by atoms with van der Waals surface area (Å²) in [6.07, 6.45) is 0.705. The third kappa shape index (κ3) is 4.21. The molecule has 0 spiro atoms. The molecular weight excluding hydrogens is 270 g/mol. The first kappa shape index (κ1) is 14.8. The van der Waals surface area contributed by atoms with Crippen LogP contribution < -0.4 is 9.47 Å².